The van der Waals surface area contributed by atoms with Crippen molar-refractivity contribution in [1.29, 1.82) is 0 Å². The fraction of sp³-hybridized carbons (Fsp3) is 0.409. The van der Waals surface area contributed by atoms with Gasteiger partial charge in [0.15, 0.2) is 0 Å². The lowest BCUT2D eigenvalue weighted by molar-refractivity contribution is 0.249. The van der Waals surface area contributed by atoms with Gasteiger partial charge in [-0.1, -0.05) is 36.4 Å². The van der Waals surface area contributed by atoms with E-state index in [-0.39, 0.29) is 0 Å². The monoisotopic (exact) mass is 349 g/mol. The van der Waals surface area contributed by atoms with Crippen LogP contribution in [0.2, 0.25) is 0 Å². The first-order chi connectivity index (χ1) is 12.6. The predicted octanol–water partition coefficient (Wildman–Crippen LogP) is 3.58. The number of ether oxygens (including phenoxy) is 1. The number of hydrogen-bond donors (Lipinski definition) is 0. The van der Waals surface area contributed by atoms with Gasteiger partial charge in [0.05, 0.1) is 18.4 Å². The molecule has 0 spiro atoms. The maximum Gasteiger partial charge on any atom is 0.119 e. The Morgan fingerprint density at radius 1 is 1.12 bits per heavy atom. The minimum absolute atomic E-state index is 0.306. The lowest BCUT2D eigenvalue weighted by atomic mass is 9.90. The molecule has 0 aromatic heterocycles. The van der Waals surface area contributed by atoms with Crippen molar-refractivity contribution in [2.45, 2.75) is 18.9 Å². The van der Waals surface area contributed by atoms with Crippen molar-refractivity contribution >= 4 is 5.71 Å². The highest BCUT2D eigenvalue weighted by Gasteiger charge is 2.41. The van der Waals surface area contributed by atoms with Crippen molar-refractivity contribution in [2.24, 2.45) is 11.0 Å². The molecule has 2 atom stereocenters. The largest absolute Gasteiger partial charge is 0.494 e. The van der Waals surface area contributed by atoms with Gasteiger partial charge in [-0.05, 0) is 50.2 Å². The molecule has 1 aliphatic carbocycles. The normalized spacial score (nSPS) is 20.9. The van der Waals surface area contributed by atoms with Gasteiger partial charge in [-0.3, -0.25) is 5.01 Å². The lowest BCUT2D eigenvalue weighted by Gasteiger charge is -2.24. The molecular weight excluding hydrogens is 322 g/mol. The molecule has 4 nitrogen and oxygen atoms in total. The predicted molar refractivity (Wildman–Crippen MR) is 106 cm³/mol. The molecule has 2 aliphatic rings. The molecule has 0 radical (unpaired) electrons. The molecular formula is C22H27N3O. The summed E-state index contributed by atoms with van der Waals surface area (Å²) in [6.07, 6.45) is 2.12. The van der Waals surface area contributed by atoms with E-state index in [2.05, 4.69) is 79.6 Å². The average Bonchev–Trinajstić information content (AvgIpc) is 3.14. The topological polar surface area (TPSA) is 28.1 Å². The summed E-state index contributed by atoms with van der Waals surface area (Å²) in [7, 11) is 6.26. The average molecular weight is 349 g/mol. The molecule has 0 N–H and O–H groups in total. The van der Waals surface area contributed by atoms with Crippen molar-refractivity contribution in [2.75, 3.05) is 34.3 Å². The third-order valence-electron chi connectivity index (χ3n) is 5.37. The Hall–Kier alpha value is -2.33. The Labute approximate surface area is 156 Å². The second kappa shape index (κ2) is 7.12. The number of fused-ring (bicyclic) bond motifs is 3. The van der Waals surface area contributed by atoms with Crippen LogP contribution in [0.3, 0.4) is 0 Å². The molecule has 0 saturated carbocycles. The Balaban J connectivity index is 1.44. The zero-order chi connectivity index (χ0) is 18.1. The van der Waals surface area contributed by atoms with Crippen LogP contribution in [-0.4, -0.2) is 49.9 Å². The maximum atomic E-state index is 5.87. The van der Waals surface area contributed by atoms with Crippen LogP contribution in [0.4, 0.5) is 0 Å². The van der Waals surface area contributed by atoms with Crippen LogP contribution in [0.25, 0.3) is 0 Å². The maximum absolute atomic E-state index is 5.87. The van der Waals surface area contributed by atoms with Crippen LogP contribution in [-0.2, 0) is 6.42 Å². The molecule has 4 rings (SSSR count). The van der Waals surface area contributed by atoms with Crippen LogP contribution < -0.4 is 4.74 Å². The van der Waals surface area contributed by atoms with Crippen LogP contribution in [0.15, 0.2) is 53.6 Å². The molecule has 0 bridgehead atoms. The Morgan fingerprint density at radius 2 is 1.88 bits per heavy atom. The first kappa shape index (κ1) is 17.1. The van der Waals surface area contributed by atoms with Crippen molar-refractivity contribution in [3.63, 3.8) is 0 Å². The minimum Gasteiger partial charge on any atom is -0.494 e. The van der Waals surface area contributed by atoms with Gasteiger partial charge in [0, 0.05) is 25.1 Å². The van der Waals surface area contributed by atoms with Gasteiger partial charge in [-0.2, -0.15) is 5.10 Å². The first-order valence-electron chi connectivity index (χ1n) is 9.40. The molecule has 0 fully saturated rings. The van der Waals surface area contributed by atoms with Crippen LogP contribution in [0, 0.1) is 5.92 Å². The molecule has 1 aliphatic heterocycles. The SMILES string of the molecule is CN(C)CCCOc1ccc(C2C3Cc4ccccc4C3=NN2C)cc1. The summed E-state index contributed by atoms with van der Waals surface area (Å²) in [5.41, 5.74) is 5.31. The van der Waals surface area contributed by atoms with Crippen molar-refractivity contribution in [1.82, 2.24) is 9.91 Å². The summed E-state index contributed by atoms with van der Waals surface area (Å²) in [6, 6.07) is 17.6. The second-order valence-electron chi connectivity index (χ2n) is 7.55. The lowest BCUT2D eigenvalue weighted by Crippen LogP contribution is -2.22. The zero-order valence-electron chi connectivity index (χ0n) is 15.9. The van der Waals surface area contributed by atoms with E-state index in [1.165, 1.54) is 22.4 Å². The van der Waals surface area contributed by atoms with Gasteiger partial charge in [-0.15, -0.1) is 0 Å². The van der Waals surface area contributed by atoms with Gasteiger partial charge in [0.25, 0.3) is 0 Å². The molecule has 136 valence electrons. The summed E-state index contributed by atoms with van der Waals surface area (Å²) in [5.74, 6) is 1.40. The third-order valence-corrected chi connectivity index (χ3v) is 5.37. The summed E-state index contributed by atoms with van der Waals surface area (Å²) < 4.78 is 5.87. The van der Waals surface area contributed by atoms with Gasteiger partial charge >= 0.3 is 0 Å². The molecule has 2 aromatic rings. The van der Waals surface area contributed by atoms with E-state index >= 15 is 0 Å². The number of hydrogen-bond acceptors (Lipinski definition) is 4. The van der Waals surface area contributed by atoms with Gasteiger partial charge in [-0.25, -0.2) is 0 Å². The summed E-state index contributed by atoms with van der Waals surface area (Å²) >= 11 is 0. The van der Waals surface area contributed by atoms with Crippen molar-refractivity contribution in [3.8, 4) is 5.75 Å². The third kappa shape index (κ3) is 3.21. The molecule has 0 amide bonds. The van der Waals surface area contributed by atoms with E-state index in [0.29, 0.717) is 12.0 Å². The highest BCUT2D eigenvalue weighted by Crippen LogP contribution is 2.43. The van der Waals surface area contributed by atoms with Crippen LogP contribution in [0.1, 0.15) is 29.2 Å². The molecule has 2 unspecified atom stereocenters. The van der Waals surface area contributed by atoms with E-state index in [9.17, 15) is 0 Å². The van der Waals surface area contributed by atoms with E-state index in [1.54, 1.807) is 0 Å². The van der Waals surface area contributed by atoms with Crippen molar-refractivity contribution in [3.05, 3.63) is 65.2 Å². The molecule has 26 heavy (non-hydrogen) atoms. The number of nitrogens with zero attached hydrogens (tertiary/aromatic N) is 3. The quantitative estimate of drug-likeness (QED) is 0.746. The van der Waals surface area contributed by atoms with E-state index in [0.717, 1.165) is 31.7 Å². The zero-order valence-corrected chi connectivity index (χ0v) is 15.9. The highest BCUT2D eigenvalue weighted by atomic mass is 16.5. The van der Waals surface area contributed by atoms with E-state index in [4.69, 9.17) is 9.84 Å². The molecule has 2 aromatic carbocycles. The summed E-state index contributed by atoms with van der Waals surface area (Å²) in [5, 5.41) is 6.99. The Bertz CT molecular complexity index is 797. The standard InChI is InChI=1S/C22H27N3O/c1-24(2)13-6-14-26-18-11-9-16(10-12-18)22-20-15-17-7-4-5-8-19(17)21(20)23-25(22)3/h4-5,7-12,20,22H,6,13-15H2,1-3H3. The fourth-order valence-electron chi connectivity index (χ4n) is 4.14. The molecule has 1 heterocycles. The number of hydrazone groups is 1. The van der Waals surface area contributed by atoms with Gasteiger partial charge in [0.2, 0.25) is 0 Å². The van der Waals surface area contributed by atoms with E-state index < -0.39 is 0 Å². The van der Waals surface area contributed by atoms with Gasteiger partial charge in [0.1, 0.15) is 5.75 Å². The Kier molecular flexibility index (Phi) is 4.68. The van der Waals surface area contributed by atoms with Crippen LogP contribution in [0.5, 0.6) is 5.75 Å². The van der Waals surface area contributed by atoms with Gasteiger partial charge < -0.3 is 9.64 Å². The van der Waals surface area contributed by atoms with Crippen molar-refractivity contribution < 1.29 is 4.74 Å². The molecule has 4 heteroatoms. The minimum atomic E-state index is 0.306. The Morgan fingerprint density at radius 3 is 2.65 bits per heavy atom. The number of benzene rings is 2. The molecule has 0 saturated heterocycles. The number of rotatable bonds is 6. The fourth-order valence-corrected chi connectivity index (χ4v) is 4.14. The first-order valence-corrected chi connectivity index (χ1v) is 9.40. The van der Waals surface area contributed by atoms with Crippen LogP contribution >= 0.6 is 0 Å². The highest BCUT2D eigenvalue weighted by molar-refractivity contribution is 6.07. The second-order valence-corrected chi connectivity index (χ2v) is 7.55. The summed E-state index contributed by atoms with van der Waals surface area (Å²) in [6.45, 7) is 1.80. The smallest absolute Gasteiger partial charge is 0.119 e. The summed E-state index contributed by atoms with van der Waals surface area (Å²) in [4.78, 5) is 2.18. The van der Waals surface area contributed by atoms with E-state index in [1.807, 2.05) is 0 Å².